The van der Waals surface area contributed by atoms with Gasteiger partial charge in [0.1, 0.15) is 17.3 Å². The zero-order valence-electron chi connectivity index (χ0n) is 27.1. The van der Waals surface area contributed by atoms with Crippen molar-refractivity contribution in [2.75, 3.05) is 7.11 Å². The number of carbonyl (C=O) groups is 2. The van der Waals surface area contributed by atoms with Crippen LogP contribution in [-0.2, 0) is 22.5 Å². The molecule has 0 saturated heterocycles. The molecule has 0 unspecified atom stereocenters. The first-order chi connectivity index (χ1) is 23.2. The molecule has 13 heteroatoms. The van der Waals surface area contributed by atoms with Crippen LogP contribution in [0, 0.1) is 5.82 Å². The number of aliphatic hydroxyl groups is 2. The number of amides is 1. The maximum Gasteiger partial charge on any atom is 0.573 e. The van der Waals surface area contributed by atoms with Crippen molar-refractivity contribution < 1.29 is 46.8 Å². The van der Waals surface area contributed by atoms with Crippen LogP contribution in [0.5, 0.6) is 5.75 Å². The van der Waals surface area contributed by atoms with Crippen LogP contribution in [0.15, 0.2) is 72.8 Å². The van der Waals surface area contributed by atoms with Crippen LogP contribution < -0.4 is 10.1 Å². The second-order valence-corrected chi connectivity index (χ2v) is 12.1. The summed E-state index contributed by atoms with van der Waals surface area (Å²) in [5.74, 6) is -2.13. The van der Waals surface area contributed by atoms with Gasteiger partial charge in [-0.3, -0.25) is 9.59 Å². The molecule has 1 amide bonds. The van der Waals surface area contributed by atoms with Crippen LogP contribution in [0.1, 0.15) is 60.9 Å². The van der Waals surface area contributed by atoms with Crippen LogP contribution >= 0.6 is 11.6 Å². The normalized spacial score (nSPS) is 12.9. The van der Waals surface area contributed by atoms with E-state index in [1.54, 1.807) is 12.1 Å². The van der Waals surface area contributed by atoms with E-state index in [4.69, 9.17) is 11.6 Å². The molecule has 0 aliphatic carbocycles. The van der Waals surface area contributed by atoms with Crippen LogP contribution in [0.4, 0.5) is 17.6 Å². The number of halogens is 5. The second kappa shape index (κ2) is 16.3. The van der Waals surface area contributed by atoms with E-state index in [-0.39, 0.29) is 49.0 Å². The summed E-state index contributed by atoms with van der Waals surface area (Å²) in [7, 11) is 1.21. The minimum atomic E-state index is -4.92. The molecule has 0 aliphatic rings. The van der Waals surface area contributed by atoms with Crippen molar-refractivity contribution in [3.05, 3.63) is 101 Å². The molecule has 3 N–H and O–H groups in total. The first kappa shape index (κ1) is 37.4. The molecule has 0 radical (unpaired) electrons. The summed E-state index contributed by atoms with van der Waals surface area (Å²) >= 11 is 6.04. The number of rotatable bonds is 14. The predicted molar refractivity (Wildman–Crippen MR) is 177 cm³/mol. The van der Waals surface area contributed by atoms with Gasteiger partial charge in [-0.1, -0.05) is 60.1 Å². The number of aromatic nitrogens is 1. The Kier molecular flexibility index (Phi) is 12.5. The lowest BCUT2D eigenvalue weighted by molar-refractivity contribution is -0.274. The highest BCUT2D eigenvalue weighted by molar-refractivity contribution is 6.32. The summed E-state index contributed by atoms with van der Waals surface area (Å²) in [6.45, 7) is 3.69. The quantitative estimate of drug-likeness (QED) is 0.0920. The summed E-state index contributed by atoms with van der Waals surface area (Å²) in [5, 5.41) is 23.8. The van der Waals surface area contributed by atoms with Gasteiger partial charge in [-0.2, -0.15) is 0 Å². The fraction of sp³-hybridized carbons (Fsp3) is 0.333. The molecule has 2 atom stereocenters. The van der Waals surface area contributed by atoms with Crippen molar-refractivity contribution in [2.45, 2.75) is 70.7 Å². The minimum absolute atomic E-state index is 0.0830. The maximum atomic E-state index is 14.2. The second-order valence-electron chi connectivity index (χ2n) is 11.7. The van der Waals surface area contributed by atoms with Crippen molar-refractivity contribution in [1.82, 2.24) is 9.88 Å². The Labute approximate surface area is 286 Å². The highest BCUT2D eigenvalue weighted by atomic mass is 35.5. The highest BCUT2D eigenvalue weighted by Crippen LogP contribution is 2.42. The summed E-state index contributed by atoms with van der Waals surface area (Å²) in [6, 6.07) is 18.4. The molecule has 0 saturated carbocycles. The number of esters is 1. The number of aliphatic hydroxyl groups excluding tert-OH is 2. The number of ether oxygens (including phenoxy) is 2. The van der Waals surface area contributed by atoms with Crippen molar-refractivity contribution in [3.8, 4) is 28.0 Å². The third-order valence-electron chi connectivity index (χ3n) is 7.80. The van der Waals surface area contributed by atoms with Gasteiger partial charge in [0.2, 0.25) is 0 Å². The molecule has 0 spiro atoms. The Bertz CT molecular complexity index is 1740. The average molecular weight is 705 g/mol. The monoisotopic (exact) mass is 704 g/mol. The van der Waals surface area contributed by atoms with Gasteiger partial charge in [-0.15, -0.1) is 13.2 Å². The largest absolute Gasteiger partial charge is 0.573 e. The van der Waals surface area contributed by atoms with E-state index in [0.29, 0.717) is 33.5 Å². The molecular weight excluding hydrogens is 668 g/mol. The molecule has 3 aromatic carbocycles. The molecule has 0 fully saturated rings. The lowest BCUT2D eigenvalue weighted by Crippen LogP contribution is -2.27. The Morgan fingerprint density at radius 3 is 2.18 bits per heavy atom. The van der Waals surface area contributed by atoms with Crippen molar-refractivity contribution in [3.63, 3.8) is 0 Å². The number of benzene rings is 3. The Hall–Kier alpha value is -4.39. The molecule has 8 nitrogen and oxygen atoms in total. The van der Waals surface area contributed by atoms with Gasteiger partial charge in [0.05, 0.1) is 30.8 Å². The van der Waals surface area contributed by atoms with E-state index in [0.717, 1.165) is 6.07 Å². The van der Waals surface area contributed by atoms with Crippen LogP contribution in [0.3, 0.4) is 0 Å². The van der Waals surface area contributed by atoms with Gasteiger partial charge in [0.15, 0.2) is 0 Å². The molecule has 0 aliphatic heterocycles. The molecule has 1 aromatic heterocycles. The van der Waals surface area contributed by atoms with E-state index in [9.17, 15) is 37.4 Å². The van der Waals surface area contributed by atoms with Crippen molar-refractivity contribution >= 4 is 23.5 Å². The predicted octanol–water partition coefficient (Wildman–Crippen LogP) is 7.63. The molecule has 262 valence electrons. The van der Waals surface area contributed by atoms with Crippen molar-refractivity contribution in [2.24, 2.45) is 0 Å². The highest BCUT2D eigenvalue weighted by Gasteiger charge is 2.33. The zero-order valence-corrected chi connectivity index (χ0v) is 27.8. The van der Waals surface area contributed by atoms with E-state index in [1.165, 1.54) is 31.4 Å². The molecule has 4 aromatic rings. The number of nitrogens with zero attached hydrogens (tertiary/aromatic N) is 1. The standard InChI is InChI=1S/C36H37ClF4N2O6/c1-21(2)43-29(15-14-26(44)18-27(45)19-31(46)48-3)32(24-10-12-25(38)13-11-24)33(23-7-5-4-6-8-23)34(43)35(47)42-20-22-9-16-30(28(37)17-22)49-36(39,40)41/h4-13,16-17,21,26-27,44-45H,14-15,18-20H2,1-3H3,(H,42,47)/t26-,27-/m1/s1. The number of nitrogens with one attached hydrogen (secondary N) is 1. The molecule has 0 bridgehead atoms. The smallest absolute Gasteiger partial charge is 0.469 e. The Balaban J connectivity index is 1.78. The van der Waals surface area contributed by atoms with Gasteiger partial charge < -0.3 is 29.6 Å². The molecular formula is C36H37ClF4N2O6. The lowest BCUT2D eigenvalue weighted by Gasteiger charge is -2.20. The average Bonchev–Trinajstić information content (AvgIpc) is 3.39. The summed E-state index contributed by atoms with van der Waals surface area (Å²) in [4.78, 5) is 25.8. The van der Waals surface area contributed by atoms with Gasteiger partial charge in [-0.25, -0.2) is 4.39 Å². The number of methoxy groups -OCH3 is 1. The number of carbonyl (C=O) groups excluding carboxylic acids is 2. The van der Waals surface area contributed by atoms with Crippen LogP contribution in [-0.4, -0.2) is 52.3 Å². The number of hydrogen-bond donors (Lipinski definition) is 3. The van der Waals surface area contributed by atoms with E-state index in [2.05, 4.69) is 14.8 Å². The SMILES string of the molecule is COC(=O)C[C@H](O)C[C@H](O)CCc1c(-c2ccc(F)cc2)c(-c2ccccc2)c(C(=O)NCc2ccc(OC(F)(F)F)c(Cl)c2)n1C(C)C. The zero-order chi connectivity index (χ0) is 35.9. The van der Waals surface area contributed by atoms with Gasteiger partial charge in [-0.05, 0) is 74.1 Å². The first-order valence-corrected chi connectivity index (χ1v) is 15.9. The third-order valence-corrected chi connectivity index (χ3v) is 8.09. The minimum Gasteiger partial charge on any atom is -0.469 e. The lowest BCUT2D eigenvalue weighted by atomic mass is 9.92. The van der Waals surface area contributed by atoms with E-state index >= 15 is 0 Å². The number of hydrogen-bond acceptors (Lipinski definition) is 6. The Morgan fingerprint density at radius 1 is 0.939 bits per heavy atom. The van der Waals surface area contributed by atoms with Gasteiger partial charge in [0.25, 0.3) is 5.91 Å². The molecule has 49 heavy (non-hydrogen) atoms. The number of alkyl halides is 3. The third kappa shape index (κ3) is 9.84. The topological polar surface area (TPSA) is 110 Å². The molecule has 4 rings (SSSR count). The van der Waals surface area contributed by atoms with E-state index in [1.807, 2.05) is 48.7 Å². The van der Waals surface area contributed by atoms with Gasteiger partial charge >= 0.3 is 12.3 Å². The fourth-order valence-corrected chi connectivity index (χ4v) is 5.95. The van der Waals surface area contributed by atoms with Crippen LogP contribution in [0.2, 0.25) is 5.02 Å². The first-order valence-electron chi connectivity index (χ1n) is 15.5. The summed E-state index contributed by atoms with van der Waals surface area (Å²) < 4.78 is 62.7. The fourth-order valence-electron chi connectivity index (χ4n) is 5.71. The van der Waals surface area contributed by atoms with Gasteiger partial charge in [0, 0.05) is 29.4 Å². The Morgan fingerprint density at radius 2 is 1.59 bits per heavy atom. The maximum absolute atomic E-state index is 14.2. The van der Waals surface area contributed by atoms with E-state index < -0.39 is 42.0 Å². The summed E-state index contributed by atoms with van der Waals surface area (Å²) in [5.41, 5.74) is 3.88. The molecule has 1 heterocycles. The summed E-state index contributed by atoms with van der Waals surface area (Å²) in [6.07, 6.45) is -7.03. The van der Waals surface area contributed by atoms with Crippen molar-refractivity contribution in [1.29, 1.82) is 0 Å². The van der Waals surface area contributed by atoms with Crippen LogP contribution in [0.25, 0.3) is 22.3 Å².